The second-order valence-corrected chi connectivity index (χ2v) is 8.89. The lowest BCUT2D eigenvalue weighted by Crippen LogP contribution is -2.40. The van der Waals surface area contributed by atoms with E-state index < -0.39 is 0 Å². The Morgan fingerprint density at radius 3 is 2.83 bits per heavy atom. The van der Waals surface area contributed by atoms with Crippen molar-refractivity contribution < 1.29 is 14.3 Å². The van der Waals surface area contributed by atoms with Crippen LogP contribution in [0.15, 0.2) is 42.5 Å². The molecule has 1 fully saturated rings. The number of ether oxygens (including phenoxy) is 1. The fourth-order valence-electron chi connectivity index (χ4n) is 4.13. The summed E-state index contributed by atoms with van der Waals surface area (Å²) in [5, 5.41) is 4.04. The summed E-state index contributed by atoms with van der Waals surface area (Å²) in [7, 11) is 0. The predicted octanol–water partition coefficient (Wildman–Crippen LogP) is 3.97. The van der Waals surface area contributed by atoms with Gasteiger partial charge in [0.05, 0.1) is 15.2 Å². The molecule has 1 N–H and O–H groups in total. The predicted molar refractivity (Wildman–Crippen MR) is 117 cm³/mol. The first-order valence-electron chi connectivity index (χ1n) is 10.3. The summed E-state index contributed by atoms with van der Waals surface area (Å²) in [6.45, 7) is 1.51. The van der Waals surface area contributed by atoms with E-state index in [2.05, 4.69) is 17.4 Å². The highest BCUT2D eigenvalue weighted by molar-refractivity contribution is 7.18. The molecule has 3 aromatic rings. The number of hydrogen-bond acceptors (Lipinski definition) is 5. The van der Waals surface area contributed by atoms with Crippen LogP contribution in [0.25, 0.3) is 10.2 Å². The van der Waals surface area contributed by atoms with Gasteiger partial charge in [0, 0.05) is 31.1 Å². The number of carbonyl (C=O) groups is 2. The van der Waals surface area contributed by atoms with E-state index in [-0.39, 0.29) is 18.4 Å². The Hall–Kier alpha value is -2.93. The van der Waals surface area contributed by atoms with Crippen molar-refractivity contribution in [3.63, 3.8) is 0 Å². The van der Waals surface area contributed by atoms with Crippen LogP contribution in [-0.4, -0.2) is 41.4 Å². The molecule has 6 nitrogen and oxygen atoms in total. The number of para-hydroxylation sites is 1. The number of benzene rings is 2. The van der Waals surface area contributed by atoms with Crippen LogP contribution in [0.3, 0.4) is 0 Å². The van der Waals surface area contributed by atoms with E-state index in [1.54, 1.807) is 17.4 Å². The van der Waals surface area contributed by atoms with Gasteiger partial charge in [-0.2, -0.15) is 0 Å². The second-order valence-electron chi connectivity index (χ2n) is 7.83. The van der Waals surface area contributed by atoms with E-state index >= 15 is 0 Å². The molecule has 7 heteroatoms. The summed E-state index contributed by atoms with van der Waals surface area (Å²) in [6, 6.07) is 13.8. The molecule has 0 unspecified atom stereocenters. The quantitative estimate of drug-likeness (QED) is 0.692. The number of fused-ring (bicyclic) bond motifs is 2. The molecular formula is C23H23N3O3S. The number of anilines is 1. The van der Waals surface area contributed by atoms with Crippen molar-refractivity contribution in [2.45, 2.75) is 31.6 Å². The Kier molecular flexibility index (Phi) is 5.12. The molecule has 0 radical (unpaired) electrons. The summed E-state index contributed by atoms with van der Waals surface area (Å²) in [6.07, 6.45) is 3.05. The molecule has 0 atom stereocenters. The average molecular weight is 422 g/mol. The van der Waals surface area contributed by atoms with Crippen molar-refractivity contribution in [1.82, 2.24) is 9.88 Å². The number of nitrogens with one attached hydrogen (secondary N) is 1. The number of carbonyl (C=O) groups excluding carboxylic acids is 2. The molecule has 2 aliphatic rings. The zero-order chi connectivity index (χ0) is 20.5. The van der Waals surface area contributed by atoms with E-state index in [4.69, 9.17) is 9.72 Å². The van der Waals surface area contributed by atoms with Gasteiger partial charge >= 0.3 is 0 Å². The number of hydrogen-bond donors (Lipinski definition) is 1. The lowest BCUT2D eigenvalue weighted by Gasteiger charge is -2.31. The zero-order valence-corrected chi connectivity index (χ0v) is 17.4. The molecule has 0 spiro atoms. The molecule has 154 valence electrons. The summed E-state index contributed by atoms with van der Waals surface area (Å²) < 4.78 is 6.98. The average Bonchev–Trinajstić information content (AvgIpc) is 3.22. The van der Waals surface area contributed by atoms with Gasteiger partial charge in [0.1, 0.15) is 5.75 Å². The summed E-state index contributed by atoms with van der Waals surface area (Å²) >= 11 is 1.77. The second kappa shape index (κ2) is 8.07. The van der Waals surface area contributed by atoms with Crippen LogP contribution < -0.4 is 10.1 Å². The van der Waals surface area contributed by atoms with Crippen LogP contribution in [0.5, 0.6) is 5.75 Å². The third-order valence-electron chi connectivity index (χ3n) is 5.84. The van der Waals surface area contributed by atoms with Crippen LogP contribution in [-0.2, 0) is 16.0 Å². The molecular weight excluding hydrogens is 398 g/mol. The van der Waals surface area contributed by atoms with E-state index in [1.807, 2.05) is 29.2 Å². The maximum Gasteiger partial charge on any atom is 0.260 e. The first-order valence-corrected chi connectivity index (χ1v) is 11.2. The van der Waals surface area contributed by atoms with Crippen molar-refractivity contribution in [1.29, 1.82) is 0 Å². The van der Waals surface area contributed by atoms with Gasteiger partial charge < -0.3 is 15.0 Å². The van der Waals surface area contributed by atoms with E-state index in [1.165, 1.54) is 9.71 Å². The lowest BCUT2D eigenvalue weighted by atomic mass is 9.97. The Labute approximate surface area is 178 Å². The minimum atomic E-state index is 0.0174. The Balaban J connectivity index is 1.15. The van der Waals surface area contributed by atoms with Gasteiger partial charge in [0.15, 0.2) is 6.61 Å². The molecule has 1 aromatic heterocycles. The highest BCUT2D eigenvalue weighted by Gasteiger charge is 2.26. The number of nitrogens with zero attached hydrogens (tertiary/aromatic N) is 2. The molecule has 3 heterocycles. The zero-order valence-electron chi connectivity index (χ0n) is 16.6. The normalized spacial score (nSPS) is 16.9. The van der Waals surface area contributed by atoms with Crippen LogP contribution in [0.1, 0.15) is 35.8 Å². The van der Waals surface area contributed by atoms with Gasteiger partial charge in [-0.05, 0) is 55.2 Å². The lowest BCUT2D eigenvalue weighted by molar-refractivity contribution is -0.134. The largest absolute Gasteiger partial charge is 0.484 e. The molecule has 2 aromatic carbocycles. The Bertz CT molecular complexity index is 1070. The third-order valence-corrected chi connectivity index (χ3v) is 7.04. The molecule has 0 bridgehead atoms. The van der Waals surface area contributed by atoms with Gasteiger partial charge in [0.2, 0.25) is 5.91 Å². The third kappa shape index (κ3) is 3.89. The molecule has 2 aliphatic heterocycles. The van der Waals surface area contributed by atoms with Gasteiger partial charge in [0.25, 0.3) is 5.91 Å². The molecule has 30 heavy (non-hydrogen) atoms. The van der Waals surface area contributed by atoms with Crippen molar-refractivity contribution in [3.8, 4) is 5.75 Å². The van der Waals surface area contributed by atoms with E-state index in [0.717, 1.165) is 42.7 Å². The summed E-state index contributed by atoms with van der Waals surface area (Å²) in [5.74, 6) is 1.15. The highest BCUT2D eigenvalue weighted by atomic mass is 32.1. The first kappa shape index (κ1) is 19.1. The van der Waals surface area contributed by atoms with Gasteiger partial charge in [-0.15, -0.1) is 11.3 Å². The SMILES string of the molecule is O=C1CCc2cc(OCC(=O)N3CCC(c4nc5ccccc5s4)CC3)ccc2N1. The monoisotopic (exact) mass is 421 g/mol. The van der Waals surface area contributed by atoms with Crippen LogP contribution in [0.2, 0.25) is 0 Å². The topological polar surface area (TPSA) is 71.5 Å². The molecule has 2 amide bonds. The molecule has 1 saturated heterocycles. The van der Waals surface area contributed by atoms with E-state index in [0.29, 0.717) is 24.5 Å². The number of amides is 2. The first-order chi connectivity index (χ1) is 14.7. The molecule has 0 aliphatic carbocycles. The minimum Gasteiger partial charge on any atom is -0.484 e. The summed E-state index contributed by atoms with van der Waals surface area (Å²) in [5.41, 5.74) is 2.95. The van der Waals surface area contributed by atoms with Gasteiger partial charge in [-0.1, -0.05) is 12.1 Å². The molecule has 5 rings (SSSR count). The van der Waals surface area contributed by atoms with Crippen molar-refractivity contribution in [3.05, 3.63) is 53.0 Å². The number of thiazole rings is 1. The number of aryl methyl sites for hydroxylation is 1. The fraction of sp³-hybridized carbons (Fsp3) is 0.348. The standard InChI is InChI=1S/C23H23N3O3S/c27-21-8-5-16-13-17(6-7-18(16)24-21)29-14-22(28)26-11-9-15(10-12-26)23-25-19-3-1-2-4-20(19)30-23/h1-4,6-7,13,15H,5,8-12,14H2,(H,24,27). The number of likely N-dealkylation sites (tertiary alicyclic amines) is 1. The van der Waals surface area contributed by atoms with Crippen molar-refractivity contribution in [2.24, 2.45) is 0 Å². The molecule has 0 saturated carbocycles. The van der Waals surface area contributed by atoms with Crippen LogP contribution >= 0.6 is 11.3 Å². The number of piperidine rings is 1. The highest BCUT2D eigenvalue weighted by Crippen LogP contribution is 2.34. The van der Waals surface area contributed by atoms with Crippen molar-refractivity contribution in [2.75, 3.05) is 25.0 Å². The Morgan fingerprint density at radius 2 is 2.00 bits per heavy atom. The Morgan fingerprint density at radius 1 is 1.17 bits per heavy atom. The fourth-order valence-corrected chi connectivity index (χ4v) is 5.26. The summed E-state index contributed by atoms with van der Waals surface area (Å²) in [4.78, 5) is 30.8. The van der Waals surface area contributed by atoms with Crippen LogP contribution in [0.4, 0.5) is 5.69 Å². The number of aromatic nitrogens is 1. The number of rotatable bonds is 4. The minimum absolute atomic E-state index is 0.0174. The van der Waals surface area contributed by atoms with Gasteiger partial charge in [-0.3, -0.25) is 9.59 Å². The van der Waals surface area contributed by atoms with Gasteiger partial charge in [-0.25, -0.2) is 4.98 Å². The van der Waals surface area contributed by atoms with Crippen molar-refractivity contribution >= 4 is 39.1 Å². The van der Waals surface area contributed by atoms with E-state index in [9.17, 15) is 9.59 Å². The smallest absolute Gasteiger partial charge is 0.260 e. The maximum atomic E-state index is 12.6. The van der Waals surface area contributed by atoms with Crippen LogP contribution in [0, 0.1) is 0 Å². The maximum absolute atomic E-state index is 12.6.